The Hall–Kier alpha value is -2.91. The molecule has 10 heteroatoms. The molecule has 0 radical (unpaired) electrons. The number of carbonyl (C=O) groups excluding carboxylic acids is 2. The summed E-state index contributed by atoms with van der Waals surface area (Å²) in [6, 6.07) is 1.59. The van der Waals surface area contributed by atoms with Crippen LogP contribution in [0.25, 0.3) is 0 Å². The molecular weight excluding hydrogens is 266 g/mol. The molecule has 0 atom stereocenters. The van der Waals surface area contributed by atoms with Crippen LogP contribution in [0.1, 0.15) is 10.5 Å². The van der Waals surface area contributed by atoms with Gasteiger partial charge in [-0.3, -0.25) is 10.1 Å². The predicted octanol–water partition coefficient (Wildman–Crippen LogP) is -0.116. The summed E-state index contributed by atoms with van der Waals surface area (Å²) in [5, 5.41) is 13.7. The van der Waals surface area contributed by atoms with Gasteiger partial charge in [0.15, 0.2) is 5.82 Å². The van der Waals surface area contributed by atoms with Crippen molar-refractivity contribution in [1.29, 1.82) is 0 Å². The molecule has 0 aliphatic heterocycles. The quantitative estimate of drug-likeness (QED) is 0.801. The topological polar surface area (TPSA) is 130 Å². The van der Waals surface area contributed by atoms with E-state index < -0.39 is 6.09 Å². The number of nitrogens with zero attached hydrogens (tertiary/aromatic N) is 5. The van der Waals surface area contributed by atoms with Crippen molar-refractivity contribution in [3.05, 3.63) is 18.0 Å². The lowest BCUT2D eigenvalue weighted by atomic mass is 10.5. The third kappa shape index (κ3) is 2.91. The first kappa shape index (κ1) is 13.5. The number of carbonyl (C=O) groups is 2. The number of methoxy groups -OCH3 is 1. The van der Waals surface area contributed by atoms with Gasteiger partial charge in [0, 0.05) is 6.07 Å². The van der Waals surface area contributed by atoms with Gasteiger partial charge >= 0.3 is 6.09 Å². The van der Waals surface area contributed by atoms with E-state index in [4.69, 9.17) is 5.73 Å². The van der Waals surface area contributed by atoms with Gasteiger partial charge < -0.3 is 10.5 Å². The molecule has 1 amide bonds. The van der Waals surface area contributed by atoms with Crippen LogP contribution in [0.4, 0.5) is 16.4 Å². The molecule has 2 heterocycles. The highest BCUT2D eigenvalue weighted by Crippen LogP contribution is 2.06. The number of aryl methyl sites for hydroxylation is 1. The first-order valence-corrected chi connectivity index (χ1v) is 5.60. The second kappa shape index (κ2) is 5.38. The third-order valence-electron chi connectivity index (χ3n) is 2.35. The highest BCUT2D eigenvalue weighted by Gasteiger charge is 2.13. The lowest BCUT2D eigenvalue weighted by molar-refractivity contribution is 0.0872. The van der Waals surface area contributed by atoms with Crippen LogP contribution in [0.3, 0.4) is 0 Å². The summed E-state index contributed by atoms with van der Waals surface area (Å²) in [5.41, 5.74) is 6.29. The molecule has 3 N–H and O–H groups in total. The lowest BCUT2D eigenvalue weighted by Crippen LogP contribution is -2.21. The van der Waals surface area contributed by atoms with Crippen LogP contribution in [-0.2, 0) is 11.3 Å². The number of nitrogen functional groups attached to an aromatic ring is 1. The molecule has 0 saturated carbocycles. The van der Waals surface area contributed by atoms with Gasteiger partial charge in [0.1, 0.15) is 12.4 Å². The first-order valence-electron chi connectivity index (χ1n) is 5.60. The van der Waals surface area contributed by atoms with Gasteiger partial charge in [0.25, 0.3) is 5.91 Å². The summed E-state index contributed by atoms with van der Waals surface area (Å²) in [6.07, 6.45) is 0.719. The minimum absolute atomic E-state index is 0.110. The zero-order chi connectivity index (χ0) is 14.7. The van der Waals surface area contributed by atoms with E-state index in [-0.39, 0.29) is 24.1 Å². The number of hydrogen-bond acceptors (Lipinski definition) is 7. The summed E-state index contributed by atoms with van der Waals surface area (Å²) < 4.78 is 6.75. The van der Waals surface area contributed by atoms with Crippen molar-refractivity contribution in [1.82, 2.24) is 24.8 Å². The van der Waals surface area contributed by atoms with Crippen molar-refractivity contribution in [2.75, 3.05) is 18.2 Å². The number of anilines is 2. The van der Waals surface area contributed by atoms with E-state index in [1.54, 1.807) is 13.0 Å². The van der Waals surface area contributed by atoms with E-state index in [0.717, 1.165) is 4.68 Å². The van der Waals surface area contributed by atoms with Crippen molar-refractivity contribution in [3.63, 3.8) is 0 Å². The maximum absolute atomic E-state index is 12.0. The summed E-state index contributed by atoms with van der Waals surface area (Å²) in [6.45, 7) is 1.62. The van der Waals surface area contributed by atoms with E-state index in [0.29, 0.717) is 5.69 Å². The monoisotopic (exact) mass is 279 g/mol. The number of nitrogens with two attached hydrogens (primary N) is 1. The van der Waals surface area contributed by atoms with Crippen LogP contribution in [0.2, 0.25) is 0 Å². The summed E-state index contributed by atoms with van der Waals surface area (Å²) in [7, 11) is 1.23. The van der Waals surface area contributed by atoms with Crippen LogP contribution in [0.5, 0.6) is 0 Å². The normalized spacial score (nSPS) is 10.3. The second-order valence-electron chi connectivity index (χ2n) is 3.93. The third-order valence-corrected chi connectivity index (χ3v) is 2.35. The van der Waals surface area contributed by atoms with E-state index in [9.17, 15) is 9.59 Å². The van der Waals surface area contributed by atoms with Crippen molar-refractivity contribution in [3.8, 4) is 0 Å². The van der Waals surface area contributed by atoms with E-state index in [2.05, 4.69) is 25.5 Å². The largest absolute Gasteiger partial charge is 0.453 e. The van der Waals surface area contributed by atoms with Crippen molar-refractivity contribution in [2.45, 2.75) is 13.5 Å². The Labute approximate surface area is 113 Å². The fourth-order valence-corrected chi connectivity index (χ4v) is 1.51. The van der Waals surface area contributed by atoms with Gasteiger partial charge in [-0.15, -0.1) is 5.10 Å². The van der Waals surface area contributed by atoms with Crippen LogP contribution >= 0.6 is 0 Å². The molecule has 0 aromatic carbocycles. The number of aromatic nitrogens is 5. The SMILES string of the molecule is COC(=O)Nc1cn(CC(=O)n2nc(C)cc2N)nn1. The van der Waals surface area contributed by atoms with E-state index in [1.807, 2.05) is 0 Å². The number of ether oxygens (including phenoxy) is 1. The number of hydrogen-bond donors (Lipinski definition) is 2. The fourth-order valence-electron chi connectivity index (χ4n) is 1.51. The van der Waals surface area contributed by atoms with Crippen LogP contribution in [0.15, 0.2) is 12.3 Å². The van der Waals surface area contributed by atoms with Gasteiger partial charge in [-0.1, -0.05) is 5.21 Å². The maximum Gasteiger partial charge on any atom is 0.412 e. The molecule has 106 valence electrons. The molecule has 0 fully saturated rings. The molecule has 2 aromatic rings. The standard InChI is InChI=1S/C10H13N7O3/c1-6-3-7(11)17(14-6)9(18)5-16-4-8(13-15-16)12-10(19)20-2/h3-4H,5,11H2,1-2H3,(H,12,19). The molecule has 0 aliphatic rings. The van der Waals surface area contributed by atoms with Gasteiger partial charge in [-0.05, 0) is 6.92 Å². The van der Waals surface area contributed by atoms with E-state index >= 15 is 0 Å². The molecule has 2 aromatic heterocycles. The average Bonchev–Trinajstić information content (AvgIpc) is 2.95. The Kier molecular flexibility index (Phi) is 3.64. The molecular formula is C10H13N7O3. The Morgan fingerprint density at radius 1 is 1.50 bits per heavy atom. The highest BCUT2D eigenvalue weighted by molar-refractivity contribution is 5.83. The van der Waals surface area contributed by atoms with Crippen LogP contribution in [0, 0.1) is 6.92 Å². The summed E-state index contributed by atoms with van der Waals surface area (Å²) in [5.74, 6) is 0.0555. The van der Waals surface area contributed by atoms with Crippen LogP contribution < -0.4 is 11.1 Å². The molecule has 0 bridgehead atoms. The molecule has 0 saturated heterocycles. The highest BCUT2D eigenvalue weighted by atomic mass is 16.5. The molecule has 20 heavy (non-hydrogen) atoms. The molecule has 2 rings (SSSR count). The minimum Gasteiger partial charge on any atom is -0.453 e. The molecule has 0 aliphatic carbocycles. The Morgan fingerprint density at radius 3 is 2.85 bits per heavy atom. The van der Waals surface area contributed by atoms with Crippen molar-refractivity contribution < 1.29 is 14.3 Å². The second-order valence-corrected chi connectivity index (χ2v) is 3.93. The Balaban J connectivity index is 2.05. The van der Waals surface area contributed by atoms with E-state index in [1.165, 1.54) is 18.0 Å². The maximum atomic E-state index is 12.0. The number of amides is 1. The van der Waals surface area contributed by atoms with Crippen molar-refractivity contribution in [2.24, 2.45) is 0 Å². The van der Waals surface area contributed by atoms with Crippen molar-refractivity contribution >= 4 is 23.6 Å². The molecule has 0 spiro atoms. The fraction of sp³-hybridized carbons (Fsp3) is 0.300. The predicted molar refractivity (Wildman–Crippen MR) is 68.1 cm³/mol. The smallest absolute Gasteiger partial charge is 0.412 e. The number of rotatable bonds is 3. The van der Waals surface area contributed by atoms with Gasteiger partial charge in [-0.2, -0.15) is 9.78 Å². The lowest BCUT2D eigenvalue weighted by Gasteiger charge is -2.02. The zero-order valence-corrected chi connectivity index (χ0v) is 10.9. The number of nitrogens with one attached hydrogen (secondary N) is 1. The van der Waals surface area contributed by atoms with Gasteiger partial charge in [0.2, 0.25) is 0 Å². The zero-order valence-electron chi connectivity index (χ0n) is 10.9. The van der Waals surface area contributed by atoms with Gasteiger partial charge in [0.05, 0.1) is 19.0 Å². The first-order chi connectivity index (χ1) is 9.49. The Morgan fingerprint density at radius 2 is 2.25 bits per heavy atom. The van der Waals surface area contributed by atoms with Gasteiger partial charge in [-0.25, -0.2) is 9.48 Å². The molecule has 10 nitrogen and oxygen atoms in total. The molecule has 0 unspecified atom stereocenters. The Bertz CT molecular complexity index is 645. The summed E-state index contributed by atoms with van der Waals surface area (Å²) in [4.78, 5) is 22.9. The summed E-state index contributed by atoms with van der Waals surface area (Å²) >= 11 is 0. The average molecular weight is 279 g/mol. The minimum atomic E-state index is -0.671. The van der Waals surface area contributed by atoms with Crippen LogP contribution in [-0.4, -0.2) is 43.9 Å².